The molecule has 1 aromatic heterocycles. The summed E-state index contributed by atoms with van der Waals surface area (Å²) in [5.41, 5.74) is -0.220. The minimum Gasteiger partial charge on any atom is -0.491 e. The van der Waals surface area contributed by atoms with Crippen molar-refractivity contribution < 1.29 is 27.5 Å². The van der Waals surface area contributed by atoms with Gasteiger partial charge in [0.2, 0.25) is 11.8 Å². The number of nitrogens with zero attached hydrogens (tertiary/aromatic N) is 4. The molecule has 0 N–H and O–H groups in total. The predicted molar refractivity (Wildman–Crippen MR) is 107 cm³/mol. The summed E-state index contributed by atoms with van der Waals surface area (Å²) in [5.74, 6) is 0.643. The number of piperazine rings is 1. The largest absolute Gasteiger partial charge is 0.491 e. The molecule has 31 heavy (non-hydrogen) atoms. The van der Waals surface area contributed by atoms with Crippen LogP contribution >= 0.6 is 0 Å². The van der Waals surface area contributed by atoms with Crippen molar-refractivity contribution in [3.8, 4) is 5.75 Å². The first kappa shape index (κ1) is 21.0. The number of carbonyl (C=O) groups is 2. The van der Waals surface area contributed by atoms with Gasteiger partial charge in [-0.3, -0.25) is 14.5 Å². The Hall–Kier alpha value is -3.30. The topological polar surface area (TPSA) is 66.0 Å². The van der Waals surface area contributed by atoms with Gasteiger partial charge in [0.15, 0.2) is 0 Å². The van der Waals surface area contributed by atoms with Crippen LogP contribution < -0.4 is 14.5 Å². The number of hydrogen-bond acceptors (Lipinski definition) is 5. The van der Waals surface area contributed by atoms with E-state index >= 15 is 0 Å². The highest BCUT2D eigenvalue weighted by atomic mass is 19.4. The molecule has 1 fully saturated rings. The molecule has 0 bridgehead atoms. The molecule has 164 valence electrons. The van der Waals surface area contributed by atoms with Crippen molar-refractivity contribution in [2.24, 2.45) is 0 Å². The summed E-state index contributed by atoms with van der Waals surface area (Å²) < 4.78 is 43.7. The molecule has 7 nitrogen and oxygen atoms in total. The van der Waals surface area contributed by atoms with Gasteiger partial charge in [-0.05, 0) is 24.3 Å². The minimum atomic E-state index is -4.43. The third kappa shape index (κ3) is 4.57. The van der Waals surface area contributed by atoms with Gasteiger partial charge in [0, 0.05) is 32.4 Å². The van der Waals surface area contributed by atoms with E-state index in [4.69, 9.17) is 4.74 Å². The quantitative estimate of drug-likeness (QED) is 0.743. The Morgan fingerprint density at radius 1 is 1.06 bits per heavy atom. The second kappa shape index (κ2) is 8.44. The van der Waals surface area contributed by atoms with E-state index in [2.05, 4.69) is 4.98 Å². The molecule has 1 aromatic carbocycles. The fraction of sp³-hybridized carbons (Fsp3) is 0.381. The third-order valence-corrected chi connectivity index (χ3v) is 5.36. The normalized spacial score (nSPS) is 17.1. The molecule has 0 spiro atoms. The van der Waals surface area contributed by atoms with Crippen molar-refractivity contribution in [2.45, 2.75) is 12.6 Å². The number of ether oxygens (including phenoxy) is 1. The molecule has 2 aliphatic rings. The highest BCUT2D eigenvalue weighted by Gasteiger charge is 2.32. The van der Waals surface area contributed by atoms with Crippen LogP contribution in [0.5, 0.6) is 5.75 Å². The summed E-state index contributed by atoms with van der Waals surface area (Å²) in [4.78, 5) is 34.2. The fourth-order valence-electron chi connectivity index (χ4n) is 3.65. The SMILES string of the molecule is O=C(CN1C(=O)CCOc2ccccc21)N1CCN(c2ccc(C(F)(F)F)cn2)CC1. The maximum absolute atomic E-state index is 12.9. The van der Waals surface area contributed by atoms with Crippen molar-refractivity contribution in [3.63, 3.8) is 0 Å². The Morgan fingerprint density at radius 2 is 1.81 bits per heavy atom. The van der Waals surface area contributed by atoms with Gasteiger partial charge in [-0.15, -0.1) is 0 Å². The van der Waals surface area contributed by atoms with E-state index in [0.29, 0.717) is 43.4 Å². The molecule has 2 aromatic rings. The van der Waals surface area contributed by atoms with Crippen molar-refractivity contribution >= 4 is 23.3 Å². The molecule has 4 rings (SSSR count). The van der Waals surface area contributed by atoms with E-state index in [9.17, 15) is 22.8 Å². The first-order valence-electron chi connectivity index (χ1n) is 9.91. The minimum absolute atomic E-state index is 0.0856. The zero-order valence-corrected chi connectivity index (χ0v) is 16.6. The van der Waals surface area contributed by atoms with Gasteiger partial charge in [0.1, 0.15) is 18.1 Å². The van der Waals surface area contributed by atoms with Crippen LogP contribution in [0.25, 0.3) is 0 Å². The molecule has 1 saturated heterocycles. The number of amides is 2. The molecular weight excluding hydrogens is 413 g/mol. The van der Waals surface area contributed by atoms with E-state index in [1.165, 1.54) is 11.0 Å². The number of fused-ring (bicyclic) bond motifs is 1. The monoisotopic (exact) mass is 434 g/mol. The van der Waals surface area contributed by atoms with Gasteiger partial charge in [-0.2, -0.15) is 13.2 Å². The van der Waals surface area contributed by atoms with E-state index in [1.54, 1.807) is 23.1 Å². The standard InChI is InChI=1S/C21H21F3N4O3/c22-21(23,24)15-5-6-18(25-13-15)26-8-10-27(11-9-26)20(30)14-28-16-3-1-2-4-17(16)31-12-7-19(28)29/h1-6,13H,7-12,14H2. The molecule has 0 unspecified atom stereocenters. The average molecular weight is 434 g/mol. The lowest BCUT2D eigenvalue weighted by atomic mass is 10.2. The maximum Gasteiger partial charge on any atom is 0.417 e. The first-order chi connectivity index (χ1) is 14.8. The molecule has 0 radical (unpaired) electrons. The second-order valence-corrected chi connectivity index (χ2v) is 7.32. The summed E-state index contributed by atoms with van der Waals surface area (Å²) in [6.07, 6.45) is -3.42. The summed E-state index contributed by atoms with van der Waals surface area (Å²) in [5, 5.41) is 0. The molecule has 10 heteroatoms. The van der Waals surface area contributed by atoms with Crippen molar-refractivity contribution in [1.29, 1.82) is 0 Å². The van der Waals surface area contributed by atoms with E-state index < -0.39 is 11.7 Å². The van der Waals surface area contributed by atoms with Crippen LogP contribution in [0.15, 0.2) is 42.6 Å². The lowest BCUT2D eigenvalue weighted by Gasteiger charge is -2.36. The zero-order valence-electron chi connectivity index (χ0n) is 16.6. The smallest absolute Gasteiger partial charge is 0.417 e. The Kier molecular flexibility index (Phi) is 5.71. The molecule has 2 amide bonds. The van der Waals surface area contributed by atoms with Crippen LogP contribution in [-0.2, 0) is 15.8 Å². The summed E-state index contributed by atoms with van der Waals surface area (Å²) in [7, 11) is 0. The lowest BCUT2D eigenvalue weighted by Crippen LogP contribution is -2.52. The van der Waals surface area contributed by atoms with Crippen molar-refractivity contribution in [3.05, 3.63) is 48.2 Å². The average Bonchev–Trinajstić information content (AvgIpc) is 2.92. The lowest BCUT2D eigenvalue weighted by molar-refractivity contribution is -0.137. The Balaban J connectivity index is 1.38. The Morgan fingerprint density at radius 3 is 2.48 bits per heavy atom. The molecule has 2 aliphatic heterocycles. The van der Waals surface area contributed by atoms with Gasteiger partial charge in [0.05, 0.1) is 24.3 Å². The molecule has 0 aliphatic carbocycles. The molecule has 0 saturated carbocycles. The van der Waals surface area contributed by atoms with Gasteiger partial charge < -0.3 is 14.5 Å². The van der Waals surface area contributed by atoms with E-state index in [1.807, 2.05) is 11.0 Å². The Bertz CT molecular complexity index is 957. The summed E-state index contributed by atoms with van der Waals surface area (Å²) in [6.45, 7) is 1.84. The molecule has 0 atom stereocenters. The van der Waals surface area contributed by atoms with E-state index in [0.717, 1.165) is 12.3 Å². The fourth-order valence-corrected chi connectivity index (χ4v) is 3.65. The number of aromatic nitrogens is 1. The van der Waals surface area contributed by atoms with Crippen LogP contribution in [0.1, 0.15) is 12.0 Å². The number of rotatable bonds is 3. The number of hydrogen-bond donors (Lipinski definition) is 0. The van der Waals surface area contributed by atoms with Gasteiger partial charge in [0.25, 0.3) is 0 Å². The number of carbonyl (C=O) groups excluding carboxylic acids is 2. The van der Waals surface area contributed by atoms with Crippen LogP contribution in [0, 0.1) is 0 Å². The zero-order chi connectivity index (χ0) is 22.0. The van der Waals surface area contributed by atoms with Gasteiger partial charge in [-0.1, -0.05) is 12.1 Å². The number of anilines is 2. The highest BCUT2D eigenvalue weighted by molar-refractivity contribution is 6.00. The second-order valence-electron chi connectivity index (χ2n) is 7.32. The number of benzene rings is 1. The van der Waals surface area contributed by atoms with Gasteiger partial charge in [-0.25, -0.2) is 4.98 Å². The third-order valence-electron chi connectivity index (χ3n) is 5.36. The Labute approximate surface area is 177 Å². The van der Waals surface area contributed by atoms with Crippen LogP contribution in [-0.4, -0.2) is 61.0 Å². The van der Waals surface area contributed by atoms with Crippen LogP contribution in [0.4, 0.5) is 24.7 Å². The van der Waals surface area contributed by atoms with Crippen LogP contribution in [0.3, 0.4) is 0 Å². The molecular formula is C21H21F3N4O3. The van der Waals surface area contributed by atoms with Gasteiger partial charge >= 0.3 is 6.18 Å². The number of pyridine rings is 1. The highest BCUT2D eigenvalue weighted by Crippen LogP contribution is 2.31. The molecule has 3 heterocycles. The summed E-state index contributed by atoms with van der Waals surface area (Å²) in [6, 6.07) is 9.45. The van der Waals surface area contributed by atoms with Crippen molar-refractivity contribution in [2.75, 3.05) is 49.1 Å². The number of halogens is 3. The van der Waals surface area contributed by atoms with Crippen LogP contribution in [0.2, 0.25) is 0 Å². The summed E-state index contributed by atoms with van der Waals surface area (Å²) >= 11 is 0. The first-order valence-corrected chi connectivity index (χ1v) is 9.91. The number of alkyl halides is 3. The maximum atomic E-state index is 12.9. The number of para-hydroxylation sites is 2. The van der Waals surface area contributed by atoms with E-state index in [-0.39, 0.29) is 31.4 Å². The predicted octanol–water partition coefficient (Wildman–Crippen LogP) is 2.56. The van der Waals surface area contributed by atoms with Crippen molar-refractivity contribution in [1.82, 2.24) is 9.88 Å².